The molecule has 1 aliphatic carbocycles. The van der Waals surface area contributed by atoms with Crippen LogP contribution in [-0.2, 0) is 32.6 Å². The summed E-state index contributed by atoms with van der Waals surface area (Å²) < 4.78 is 57.9. The van der Waals surface area contributed by atoms with Crippen molar-refractivity contribution in [2.75, 3.05) is 25.6 Å². The molecule has 2 saturated heterocycles. The molecule has 0 amide bonds. The Hall–Kier alpha value is -3.19. The molecule has 3 aliphatic rings. The van der Waals surface area contributed by atoms with E-state index in [9.17, 15) is 14.7 Å². The molecule has 0 radical (unpaired) electrons. The van der Waals surface area contributed by atoms with Gasteiger partial charge in [0.2, 0.25) is 5.88 Å². The number of rotatable bonds is 27. The summed E-state index contributed by atoms with van der Waals surface area (Å²) in [6.07, 6.45) is 18.7. The van der Waals surface area contributed by atoms with E-state index in [1.807, 2.05) is 12.1 Å². The Balaban J connectivity index is 0.950. The predicted molar refractivity (Wildman–Crippen MR) is 217 cm³/mol. The number of unbranched alkanes of at least 4 members (excludes halogenated alkanes) is 15. The van der Waals surface area contributed by atoms with Crippen LogP contribution in [0.25, 0.3) is 5.52 Å². The van der Waals surface area contributed by atoms with Crippen molar-refractivity contribution in [3.63, 3.8) is 0 Å². The van der Waals surface area contributed by atoms with Crippen LogP contribution in [0, 0.1) is 11.3 Å². The van der Waals surface area contributed by atoms with Gasteiger partial charge in [0.25, 0.3) is 0 Å². The lowest BCUT2D eigenvalue weighted by atomic mass is 10.0. The van der Waals surface area contributed by atoms with Crippen molar-refractivity contribution in [1.29, 1.82) is 5.26 Å². The van der Waals surface area contributed by atoms with Crippen LogP contribution >= 0.6 is 7.82 Å². The van der Waals surface area contributed by atoms with Gasteiger partial charge < -0.3 is 34.3 Å². The lowest BCUT2D eigenvalue weighted by molar-refractivity contribution is -0.186. The molecule has 3 fully saturated rings. The smallest absolute Gasteiger partial charge is 0.469 e. The van der Waals surface area contributed by atoms with E-state index >= 15 is 0 Å². The number of ether oxygens (including phenoxy) is 5. The zero-order valence-electron chi connectivity index (χ0n) is 34.7. The van der Waals surface area contributed by atoms with Crippen LogP contribution in [0.15, 0.2) is 36.7 Å². The van der Waals surface area contributed by atoms with Gasteiger partial charge in [-0.2, -0.15) is 10.4 Å². The highest BCUT2D eigenvalue weighted by molar-refractivity contribution is 7.47. The molecule has 1 saturated carbocycles. The maximum atomic E-state index is 13.6. The van der Waals surface area contributed by atoms with Crippen molar-refractivity contribution in [3.8, 4) is 11.9 Å². The van der Waals surface area contributed by atoms with Gasteiger partial charge in [-0.25, -0.2) is 19.0 Å². The van der Waals surface area contributed by atoms with Gasteiger partial charge in [-0.05, 0) is 45.4 Å². The molecule has 3 aromatic heterocycles. The van der Waals surface area contributed by atoms with Crippen LogP contribution in [0.1, 0.15) is 148 Å². The molecule has 0 bridgehead atoms. The number of anilines is 1. The number of aromatic nitrogens is 4. The topological polar surface area (TPSA) is 195 Å². The highest BCUT2D eigenvalue weighted by Crippen LogP contribution is 2.74. The minimum Gasteiger partial charge on any atom is -0.469 e. The molecule has 320 valence electrons. The number of nitriles is 1. The number of hydrogen-bond acceptors (Lipinski definition) is 13. The van der Waals surface area contributed by atoms with Crippen molar-refractivity contribution < 1.29 is 42.2 Å². The number of nitrogens with zero attached hydrogens (tertiary/aromatic N) is 5. The van der Waals surface area contributed by atoms with E-state index in [1.54, 1.807) is 49.6 Å². The number of phosphoric ester groups is 1. The third-order valence-electron chi connectivity index (χ3n) is 11.5. The van der Waals surface area contributed by atoms with Crippen molar-refractivity contribution in [2.24, 2.45) is 0 Å². The molecule has 3 unspecified atom stereocenters. The zero-order valence-corrected chi connectivity index (χ0v) is 35.6. The van der Waals surface area contributed by atoms with Crippen LogP contribution in [0.5, 0.6) is 5.88 Å². The first kappa shape index (κ1) is 44.4. The Morgan fingerprint density at radius 3 is 2.24 bits per heavy atom. The number of nitrogens with two attached hydrogens (primary N) is 1. The second-order valence-corrected chi connectivity index (χ2v) is 17.9. The summed E-state index contributed by atoms with van der Waals surface area (Å²) in [7, 11) is -4.72. The first-order valence-corrected chi connectivity index (χ1v) is 22.8. The van der Waals surface area contributed by atoms with Crippen LogP contribution in [0.2, 0.25) is 0 Å². The van der Waals surface area contributed by atoms with Gasteiger partial charge in [-0.1, -0.05) is 109 Å². The summed E-state index contributed by atoms with van der Waals surface area (Å²) in [6.45, 7) is 7.80. The summed E-state index contributed by atoms with van der Waals surface area (Å²) in [5.74, 6) is -0.558. The molecule has 58 heavy (non-hydrogen) atoms. The van der Waals surface area contributed by atoms with Crippen LogP contribution in [-0.4, -0.2) is 79.6 Å². The molecule has 15 nitrogen and oxygen atoms in total. The minimum atomic E-state index is -4.72. The monoisotopic (exact) mass is 826 g/mol. The second-order valence-electron chi connectivity index (χ2n) is 16.5. The Morgan fingerprint density at radius 2 is 1.59 bits per heavy atom. The number of fused-ring (bicyclic) bond motifs is 1. The molecule has 3 aromatic rings. The third-order valence-corrected chi connectivity index (χ3v) is 12.5. The lowest BCUT2D eigenvalue weighted by Gasteiger charge is -2.25. The van der Waals surface area contributed by atoms with Gasteiger partial charge in [-0.15, -0.1) is 0 Å². The first-order valence-electron chi connectivity index (χ1n) is 21.3. The highest BCUT2D eigenvalue weighted by atomic mass is 31.2. The fraction of sp³-hybridized carbons (Fsp3) is 0.714. The predicted octanol–water partition coefficient (Wildman–Crippen LogP) is 8.54. The Kier molecular flexibility index (Phi) is 15.2. The molecule has 6 rings (SSSR count). The van der Waals surface area contributed by atoms with Gasteiger partial charge in [0, 0.05) is 12.7 Å². The first-order chi connectivity index (χ1) is 27.9. The summed E-state index contributed by atoms with van der Waals surface area (Å²) in [5, 5.41) is 13.7. The van der Waals surface area contributed by atoms with Crippen molar-refractivity contribution in [1.82, 2.24) is 19.6 Å². The lowest BCUT2D eigenvalue weighted by Crippen LogP contribution is -2.33. The maximum absolute atomic E-state index is 13.6. The normalized spacial score (nSPS) is 25.9. The molecule has 2 aliphatic heterocycles. The van der Waals surface area contributed by atoms with Crippen LogP contribution in [0.3, 0.4) is 0 Å². The van der Waals surface area contributed by atoms with E-state index in [2.05, 4.69) is 22.0 Å². The minimum absolute atomic E-state index is 0.0691. The van der Waals surface area contributed by atoms with E-state index in [1.165, 1.54) is 89.8 Å². The number of nitrogen functional groups attached to an aromatic ring is 1. The van der Waals surface area contributed by atoms with Crippen LogP contribution < -0.4 is 10.5 Å². The van der Waals surface area contributed by atoms with E-state index in [0.29, 0.717) is 23.6 Å². The molecule has 0 aromatic carbocycles. The van der Waals surface area contributed by atoms with Gasteiger partial charge in [0.1, 0.15) is 53.6 Å². The zero-order chi connectivity index (χ0) is 41.2. The summed E-state index contributed by atoms with van der Waals surface area (Å²) in [6, 6.07) is 10.4. The van der Waals surface area contributed by atoms with Gasteiger partial charge in [0.05, 0.1) is 18.9 Å². The molecular weight excluding hydrogens is 763 g/mol. The number of pyridine rings is 1. The number of phosphoric acid groups is 1. The van der Waals surface area contributed by atoms with E-state index in [-0.39, 0.29) is 24.8 Å². The second kappa shape index (κ2) is 19.9. The molecule has 7 atom stereocenters. The summed E-state index contributed by atoms with van der Waals surface area (Å²) in [5.41, 5.74) is 5.16. The van der Waals surface area contributed by atoms with E-state index in [0.717, 1.165) is 19.3 Å². The SMILES string of the molecule is CCCCCCCCCCCCCCCCCCOC[C@H](COP(=O)(O)OC1C23OC(C)(C)O[C@H]2[C@H](c2ccc4c(N)ncnn24)O[C@]13C)Oc1cccc(C#N)n1. The van der Waals surface area contributed by atoms with Gasteiger partial charge >= 0.3 is 7.82 Å². The largest absolute Gasteiger partial charge is 0.472 e. The molecule has 1 spiro atoms. The highest BCUT2D eigenvalue weighted by Gasteiger charge is 2.92. The van der Waals surface area contributed by atoms with Crippen molar-refractivity contribution in [2.45, 2.75) is 172 Å². The standard InChI is InChI=1S/C42H63N6O9P/c1-5-6-7-8-9-10-11-12-13-14-15-16-17-18-19-20-26-51-28-32(53-35-23-21-22-31(27-43)47-35)29-52-58(49,50)56-39-41(4)42(39)37(55-40(2,3)57-42)36(54-41)33-24-25-34-38(44)45-30-46-48(33)34/h21-25,30,32,36-37,39H,5-20,26,28-29H2,1-4H3,(H,49,50)(H2,44,45,46)/t32-,36+,37+,39?,41-,42?/m1/s1. The average molecular weight is 827 g/mol. The molecule has 16 heteroatoms. The Bertz CT molecular complexity index is 1870. The van der Waals surface area contributed by atoms with Crippen molar-refractivity contribution >= 4 is 19.2 Å². The molecular formula is C42H63N6O9P. The Morgan fingerprint density at radius 1 is 0.931 bits per heavy atom. The summed E-state index contributed by atoms with van der Waals surface area (Å²) >= 11 is 0. The van der Waals surface area contributed by atoms with Gasteiger partial charge in [-0.3, -0.25) is 9.05 Å². The fourth-order valence-corrected chi connectivity index (χ4v) is 9.54. The number of hydrogen-bond donors (Lipinski definition) is 2. The fourth-order valence-electron chi connectivity index (χ4n) is 8.50. The van der Waals surface area contributed by atoms with E-state index in [4.69, 9.17) is 38.5 Å². The maximum Gasteiger partial charge on any atom is 0.472 e. The van der Waals surface area contributed by atoms with Crippen LogP contribution in [0.4, 0.5) is 5.82 Å². The average Bonchev–Trinajstić information content (AvgIpc) is 3.58. The van der Waals surface area contributed by atoms with E-state index < -0.39 is 49.2 Å². The quantitative estimate of drug-likeness (QED) is 0.0548. The third kappa shape index (κ3) is 10.6. The van der Waals surface area contributed by atoms with Gasteiger partial charge in [0.15, 0.2) is 17.2 Å². The summed E-state index contributed by atoms with van der Waals surface area (Å²) in [4.78, 5) is 19.3. The Labute approximate surface area is 342 Å². The molecule has 5 heterocycles. The van der Waals surface area contributed by atoms with Crippen molar-refractivity contribution in [3.05, 3.63) is 48.0 Å². The molecule has 3 N–H and O–H groups in total.